The topological polar surface area (TPSA) is 55.6 Å². The highest BCUT2D eigenvalue weighted by Crippen LogP contribution is 2.39. The summed E-state index contributed by atoms with van der Waals surface area (Å²) in [5.74, 6) is 1.38. The molecule has 0 radical (unpaired) electrons. The first kappa shape index (κ1) is 21.4. The predicted octanol–water partition coefficient (Wildman–Crippen LogP) is 6.25. The van der Waals surface area contributed by atoms with Gasteiger partial charge < -0.3 is 10.1 Å². The third-order valence-electron chi connectivity index (χ3n) is 5.47. The van der Waals surface area contributed by atoms with E-state index in [2.05, 4.69) is 69.6 Å². The Morgan fingerprint density at radius 2 is 1.87 bits per heavy atom. The number of esters is 1. The summed E-state index contributed by atoms with van der Waals surface area (Å²) in [7, 11) is 0. The Morgan fingerprint density at radius 1 is 1.16 bits per heavy atom. The summed E-state index contributed by atoms with van der Waals surface area (Å²) in [4.78, 5) is 17.3. The van der Waals surface area contributed by atoms with Crippen molar-refractivity contribution >= 4 is 17.4 Å². The number of fused-ring (bicyclic) bond motifs is 1. The molecule has 1 saturated carbocycles. The molecule has 31 heavy (non-hydrogen) atoms. The molecule has 2 aromatic heterocycles. The number of rotatable bonds is 6. The molecule has 0 unspecified atom stereocenters. The van der Waals surface area contributed by atoms with Gasteiger partial charge in [0, 0.05) is 17.3 Å². The van der Waals surface area contributed by atoms with Gasteiger partial charge in [-0.15, -0.1) is 0 Å². The van der Waals surface area contributed by atoms with Crippen molar-refractivity contribution in [1.82, 2.24) is 9.38 Å². The molecule has 5 heteroatoms. The van der Waals surface area contributed by atoms with E-state index in [1.165, 1.54) is 0 Å². The number of carbonyl (C=O) groups is 1. The SMILES string of the molecule is Cc1ccn2c(NC(C)(C)CC(C)(C)C)c(-c3ccccc3OC(=O)C3CC3)nc2c1. The van der Waals surface area contributed by atoms with Crippen LogP contribution in [0.15, 0.2) is 42.6 Å². The first-order valence-electron chi connectivity index (χ1n) is 11.1. The van der Waals surface area contributed by atoms with Gasteiger partial charge in [0.2, 0.25) is 0 Å². The minimum Gasteiger partial charge on any atom is -0.426 e. The van der Waals surface area contributed by atoms with Gasteiger partial charge in [-0.3, -0.25) is 9.20 Å². The van der Waals surface area contributed by atoms with Gasteiger partial charge in [0.25, 0.3) is 0 Å². The number of nitrogens with zero attached hydrogens (tertiary/aromatic N) is 2. The number of ether oxygens (including phenoxy) is 1. The van der Waals surface area contributed by atoms with E-state index in [1.807, 2.05) is 24.3 Å². The Labute approximate surface area is 184 Å². The maximum atomic E-state index is 12.4. The molecule has 5 nitrogen and oxygen atoms in total. The smallest absolute Gasteiger partial charge is 0.314 e. The molecule has 0 bridgehead atoms. The summed E-state index contributed by atoms with van der Waals surface area (Å²) in [5, 5.41) is 3.76. The number of aryl methyl sites for hydroxylation is 1. The first-order chi connectivity index (χ1) is 14.5. The zero-order valence-corrected chi connectivity index (χ0v) is 19.5. The summed E-state index contributed by atoms with van der Waals surface area (Å²) in [6.45, 7) is 13.3. The highest BCUT2D eigenvalue weighted by molar-refractivity contribution is 5.84. The number of anilines is 1. The molecule has 0 amide bonds. The van der Waals surface area contributed by atoms with Crippen LogP contribution in [0.25, 0.3) is 16.9 Å². The van der Waals surface area contributed by atoms with Crippen LogP contribution in [0.5, 0.6) is 5.75 Å². The Hall–Kier alpha value is -2.82. The maximum Gasteiger partial charge on any atom is 0.314 e. The number of imidazole rings is 1. The van der Waals surface area contributed by atoms with Gasteiger partial charge in [-0.05, 0) is 75.3 Å². The molecule has 1 aromatic carbocycles. The van der Waals surface area contributed by atoms with Crippen LogP contribution < -0.4 is 10.1 Å². The van der Waals surface area contributed by atoms with Crippen LogP contribution in [-0.4, -0.2) is 20.9 Å². The van der Waals surface area contributed by atoms with E-state index in [0.717, 1.165) is 47.5 Å². The summed E-state index contributed by atoms with van der Waals surface area (Å²) >= 11 is 0. The van der Waals surface area contributed by atoms with Crippen LogP contribution >= 0.6 is 0 Å². The number of nitrogens with one attached hydrogen (secondary N) is 1. The largest absolute Gasteiger partial charge is 0.426 e. The fourth-order valence-corrected chi connectivity index (χ4v) is 4.41. The van der Waals surface area contributed by atoms with Crippen molar-refractivity contribution < 1.29 is 9.53 Å². The molecule has 1 aliphatic carbocycles. The molecule has 0 spiro atoms. The van der Waals surface area contributed by atoms with E-state index in [4.69, 9.17) is 9.72 Å². The number of aromatic nitrogens is 2. The monoisotopic (exact) mass is 419 g/mol. The molecule has 1 N–H and O–H groups in total. The zero-order valence-electron chi connectivity index (χ0n) is 19.5. The van der Waals surface area contributed by atoms with Crippen molar-refractivity contribution in [3.05, 3.63) is 48.2 Å². The minimum atomic E-state index is -0.159. The molecule has 1 aliphatic rings. The molecule has 1 fully saturated rings. The Kier molecular flexibility index (Phi) is 5.32. The van der Waals surface area contributed by atoms with Crippen LogP contribution in [0.2, 0.25) is 0 Å². The molecular weight excluding hydrogens is 386 g/mol. The molecule has 2 heterocycles. The fourth-order valence-electron chi connectivity index (χ4n) is 4.41. The highest BCUT2D eigenvalue weighted by atomic mass is 16.5. The van der Waals surface area contributed by atoms with Crippen molar-refractivity contribution in [2.24, 2.45) is 11.3 Å². The summed E-state index contributed by atoms with van der Waals surface area (Å²) in [5.41, 5.74) is 3.66. The maximum absolute atomic E-state index is 12.4. The quantitative estimate of drug-likeness (QED) is 0.379. The Morgan fingerprint density at radius 3 is 2.55 bits per heavy atom. The second-order valence-corrected chi connectivity index (χ2v) is 10.7. The number of pyridine rings is 1. The van der Waals surface area contributed by atoms with E-state index >= 15 is 0 Å². The number of hydrogen-bond donors (Lipinski definition) is 1. The minimum absolute atomic E-state index is 0.0417. The van der Waals surface area contributed by atoms with Crippen molar-refractivity contribution in [3.8, 4) is 17.0 Å². The summed E-state index contributed by atoms with van der Waals surface area (Å²) < 4.78 is 7.88. The molecule has 0 aliphatic heterocycles. The fraction of sp³-hybridized carbons (Fsp3) is 0.462. The van der Waals surface area contributed by atoms with E-state index in [9.17, 15) is 4.79 Å². The van der Waals surface area contributed by atoms with Crippen LogP contribution in [0, 0.1) is 18.3 Å². The second-order valence-electron chi connectivity index (χ2n) is 10.7. The van der Waals surface area contributed by atoms with Crippen molar-refractivity contribution in [2.75, 3.05) is 5.32 Å². The molecular formula is C26H33N3O2. The molecule has 0 saturated heterocycles. The lowest BCUT2D eigenvalue weighted by molar-refractivity contribution is -0.135. The number of benzene rings is 1. The lowest BCUT2D eigenvalue weighted by atomic mass is 9.82. The molecule has 164 valence electrons. The first-order valence-corrected chi connectivity index (χ1v) is 11.1. The normalized spacial score (nSPS) is 14.6. The standard InChI is InChI=1S/C26H33N3O2/c1-17-13-14-29-21(15-17)27-22(23(29)28-26(5,6)16-25(2,3)4)19-9-7-8-10-20(19)31-24(30)18-11-12-18/h7-10,13-15,18,28H,11-12,16H2,1-6H3. The lowest BCUT2D eigenvalue weighted by Gasteiger charge is -2.34. The van der Waals surface area contributed by atoms with Crippen LogP contribution in [0.1, 0.15) is 59.4 Å². The third kappa shape index (κ3) is 4.92. The number of hydrogen-bond acceptors (Lipinski definition) is 4. The summed E-state index contributed by atoms with van der Waals surface area (Å²) in [6.07, 6.45) is 4.87. The van der Waals surface area contributed by atoms with Gasteiger partial charge in [-0.1, -0.05) is 32.9 Å². The Bertz CT molecular complexity index is 1120. The van der Waals surface area contributed by atoms with E-state index in [0.29, 0.717) is 5.75 Å². The van der Waals surface area contributed by atoms with E-state index in [-0.39, 0.29) is 22.8 Å². The molecule has 4 rings (SSSR count). The van der Waals surface area contributed by atoms with Gasteiger partial charge >= 0.3 is 5.97 Å². The second kappa shape index (κ2) is 7.70. The van der Waals surface area contributed by atoms with Gasteiger partial charge in [0.1, 0.15) is 22.9 Å². The van der Waals surface area contributed by atoms with Gasteiger partial charge in [0.15, 0.2) is 0 Å². The van der Waals surface area contributed by atoms with E-state index in [1.54, 1.807) is 0 Å². The lowest BCUT2D eigenvalue weighted by Crippen LogP contribution is -2.36. The van der Waals surface area contributed by atoms with Crippen LogP contribution in [-0.2, 0) is 4.79 Å². The van der Waals surface area contributed by atoms with E-state index < -0.39 is 0 Å². The van der Waals surface area contributed by atoms with Gasteiger partial charge in [0.05, 0.1) is 5.92 Å². The van der Waals surface area contributed by atoms with Crippen molar-refractivity contribution in [2.45, 2.75) is 66.3 Å². The average molecular weight is 420 g/mol. The average Bonchev–Trinajstić information content (AvgIpc) is 3.44. The van der Waals surface area contributed by atoms with Gasteiger partial charge in [-0.2, -0.15) is 0 Å². The van der Waals surface area contributed by atoms with Crippen molar-refractivity contribution in [1.29, 1.82) is 0 Å². The Balaban J connectivity index is 1.81. The zero-order chi connectivity index (χ0) is 22.4. The number of para-hydroxylation sites is 1. The third-order valence-corrected chi connectivity index (χ3v) is 5.47. The predicted molar refractivity (Wildman–Crippen MR) is 125 cm³/mol. The number of carbonyl (C=O) groups excluding carboxylic acids is 1. The summed E-state index contributed by atoms with van der Waals surface area (Å²) in [6, 6.07) is 11.9. The molecule has 3 aromatic rings. The van der Waals surface area contributed by atoms with Crippen molar-refractivity contribution in [3.63, 3.8) is 0 Å². The van der Waals surface area contributed by atoms with Crippen LogP contribution in [0.4, 0.5) is 5.82 Å². The highest BCUT2D eigenvalue weighted by Gasteiger charge is 2.33. The van der Waals surface area contributed by atoms with Gasteiger partial charge in [-0.25, -0.2) is 4.98 Å². The molecule has 0 atom stereocenters. The van der Waals surface area contributed by atoms with Crippen LogP contribution in [0.3, 0.4) is 0 Å².